The molecule has 15 heavy (non-hydrogen) atoms. The molecule has 1 aromatic rings. The van der Waals surface area contributed by atoms with Crippen LogP contribution in [-0.4, -0.2) is 28.1 Å². The SMILES string of the molecule is CC1(C)C(O)CC1NC(=O)c1cscn1. The van der Waals surface area contributed by atoms with Gasteiger partial charge in [0.2, 0.25) is 0 Å². The zero-order valence-electron chi connectivity index (χ0n) is 8.73. The predicted molar refractivity (Wildman–Crippen MR) is 57.8 cm³/mol. The van der Waals surface area contributed by atoms with Crippen LogP contribution in [0.1, 0.15) is 30.8 Å². The highest BCUT2D eigenvalue weighted by atomic mass is 32.1. The highest BCUT2D eigenvalue weighted by molar-refractivity contribution is 7.07. The minimum atomic E-state index is -0.321. The zero-order chi connectivity index (χ0) is 11.1. The van der Waals surface area contributed by atoms with Gasteiger partial charge in [-0.3, -0.25) is 4.79 Å². The maximum Gasteiger partial charge on any atom is 0.270 e. The number of aliphatic hydroxyl groups is 1. The fourth-order valence-electron chi connectivity index (χ4n) is 1.70. The first kappa shape index (κ1) is 10.6. The van der Waals surface area contributed by atoms with Crippen LogP contribution in [0.4, 0.5) is 0 Å². The van der Waals surface area contributed by atoms with E-state index in [1.54, 1.807) is 10.9 Å². The average Bonchev–Trinajstić information content (AvgIpc) is 2.70. The van der Waals surface area contributed by atoms with E-state index >= 15 is 0 Å². The quantitative estimate of drug-likeness (QED) is 0.791. The van der Waals surface area contributed by atoms with Crippen molar-refractivity contribution in [1.29, 1.82) is 0 Å². The van der Waals surface area contributed by atoms with Crippen LogP contribution in [0.5, 0.6) is 0 Å². The summed E-state index contributed by atoms with van der Waals surface area (Å²) in [6, 6.07) is 0.0432. The van der Waals surface area contributed by atoms with Crippen molar-refractivity contribution in [1.82, 2.24) is 10.3 Å². The van der Waals surface area contributed by atoms with Crippen molar-refractivity contribution in [3.63, 3.8) is 0 Å². The van der Waals surface area contributed by atoms with Crippen molar-refractivity contribution < 1.29 is 9.90 Å². The Morgan fingerprint density at radius 3 is 2.93 bits per heavy atom. The summed E-state index contributed by atoms with van der Waals surface area (Å²) in [6.07, 6.45) is 0.307. The second kappa shape index (κ2) is 3.57. The van der Waals surface area contributed by atoms with E-state index in [-0.39, 0.29) is 23.5 Å². The standard InChI is InChI=1S/C10H14N2O2S/c1-10(2)7(3-8(10)13)12-9(14)6-4-15-5-11-6/h4-5,7-8,13H,3H2,1-2H3,(H,12,14). The number of carbonyl (C=O) groups excluding carboxylic acids is 1. The van der Waals surface area contributed by atoms with Crippen LogP contribution < -0.4 is 5.32 Å². The molecule has 82 valence electrons. The summed E-state index contributed by atoms with van der Waals surface area (Å²) >= 11 is 1.40. The fraction of sp³-hybridized carbons (Fsp3) is 0.600. The highest BCUT2D eigenvalue weighted by Crippen LogP contribution is 2.40. The van der Waals surface area contributed by atoms with Crippen LogP contribution in [0.2, 0.25) is 0 Å². The minimum absolute atomic E-state index is 0.0432. The van der Waals surface area contributed by atoms with Crippen LogP contribution in [0.15, 0.2) is 10.9 Å². The van der Waals surface area contributed by atoms with Gasteiger partial charge in [-0.25, -0.2) is 4.98 Å². The molecule has 2 N–H and O–H groups in total. The lowest BCUT2D eigenvalue weighted by atomic mass is 9.64. The van der Waals surface area contributed by atoms with Gasteiger partial charge >= 0.3 is 0 Å². The Hall–Kier alpha value is -0.940. The topological polar surface area (TPSA) is 62.2 Å². The molecular weight excluding hydrogens is 212 g/mol. The summed E-state index contributed by atoms with van der Waals surface area (Å²) in [5.74, 6) is -0.152. The van der Waals surface area contributed by atoms with E-state index in [1.807, 2.05) is 13.8 Å². The number of thiazole rings is 1. The predicted octanol–water partition coefficient (Wildman–Crippen LogP) is 1.03. The van der Waals surface area contributed by atoms with Gasteiger partial charge in [-0.1, -0.05) is 13.8 Å². The van der Waals surface area contributed by atoms with Gasteiger partial charge in [0, 0.05) is 16.8 Å². The van der Waals surface area contributed by atoms with Gasteiger partial charge in [0.15, 0.2) is 0 Å². The zero-order valence-corrected chi connectivity index (χ0v) is 9.54. The van der Waals surface area contributed by atoms with Crippen molar-refractivity contribution in [3.05, 3.63) is 16.6 Å². The first-order valence-corrected chi connectivity index (χ1v) is 5.83. The third-order valence-corrected chi connectivity index (χ3v) is 3.77. The Labute approximate surface area is 92.3 Å². The van der Waals surface area contributed by atoms with Gasteiger partial charge in [-0.2, -0.15) is 0 Å². The summed E-state index contributed by atoms with van der Waals surface area (Å²) in [7, 11) is 0. The molecule has 2 unspecified atom stereocenters. The Kier molecular flexibility index (Phi) is 2.52. The van der Waals surface area contributed by atoms with Crippen molar-refractivity contribution in [3.8, 4) is 0 Å². The van der Waals surface area contributed by atoms with E-state index in [4.69, 9.17) is 0 Å². The molecule has 1 fully saturated rings. The summed E-state index contributed by atoms with van der Waals surface area (Å²) in [5.41, 5.74) is 1.86. The number of nitrogens with one attached hydrogen (secondary N) is 1. The minimum Gasteiger partial charge on any atom is -0.392 e. The molecule has 1 heterocycles. The molecule has 1 saturated carbocycles. The maximum absolute atomic E-state index is 11.7. The fourth-order valence-corrected chi connectivity index (χ4v) is 2.24. The second-order valence-electron chi connectivity index (χ2n) is 4.47. The second-order valence-corrected chi connectivity index (χ2v) is 5.19. The highest BCUT2D eigenvalue weighted by Gasteiger charge is 2.48. The number of hydrogen-bond donors (Lipinski definition) is 2. The van der Waals surface area contributed by atoms with Crippen LogP contribution >= 0.6 is 11.3 Å². The third-order valence-electron chi connectivity index (χ3n) is 3.19. The number of rotatable bonds is 2. The van der Waals surface area contributed by atoms with E-state index in [1.165, 1.54) is 11.3 Å². The van der Waals surface area contributed by atoms with Gasteiger partial charge in [0.1, 0.15) is 5.69 Å². The Morgan fingerprint density at radius 2 is 2.47 bits per heavy atom. The molecule has 1 aliphatic rings. The number of hydrogen-bond acceptors (Lipinski definition) is 4. The first-order chi connectivity index (χ1) is 7.01. The maximum atomic E-state index is 11.7. The molecule has 0 bridgehead atoms. The van der Waals surface area contributed by atoms with E-state index in [2.05, 4.69) is 10.3 Å². The summed E-state index contributed by atoms with van der Waals surface area (Å²) in [4.78, 5) is 15.6. The number of amides is 1. The Balaban J connectivity index is 1.97. The van der Waals surface area contributed by atoms with Gasteiger partial charge in [-0.15, -0.1) is 11.3 Å². The largest absolute Gasteiger partial charge is 0.392 e. The van der Waals surface area contributed by atoms with Crippen molar-refractivity contribution in [2.75, 3.05) is 0 Å². The summed E-state index contributed by atoms with van der Waals surface area (Å²) < 4.78 is 0. The monoisotopic (exact) mass is 226 g/mol. The number of carbonyl (C=O) groups is 1. The molecule has 4 nitrogen and oxygen atoms in total. The van der Waals surface area contributed by atoms with Gasteiger partial charge in [0.25, 0.3) is 5.91 Å². The van der Waals surface area contributed by atoms with Crippen LogP contribution in [0.25, 0.3) is 0 Å². The van der Waals surface area contributed by atoms with Crippen molar-refractivity contribution in [2.45, 2.75) is 32.4 Å². The third kappa shape index (κ3) is 1.77. The number of aromatic nitrogens is 1. The molecule has 0 aromatic carbocycles. The molecule has 1 aliphatic carbocycles. The van der Waals surface area contributed by atoms with E-state index in [9.17, 15) is 9.90 Å². The van der Waals surface area contributed by atoms with E-state index < -0.39 is 0 Å². The molecule has 0 radical (unpaired) electrons. The van der Waals surface area contributed by atoms with Crippen LogP contribution in [0.3, 0.4) is 0 Å². The lowest BCUT2D eigenvalue weighted by Gasteiger charge is -2.49. The lowest BCUT2D eigenvalue weighted by Crippen LogP contribution is -2.61. The average molecular weight is 226 g/mol. The summed E-state index contributed by atoms with van der Waals surface area (Å²) in [6.45, 7) is 3.90. The molecule has 1 amide bonds. The van der Waals surface area contributed by atoms with Gasteiger partial charge < -0.3 is 10.4 Å². The number of nitrogens with zero attached hydrogens (tertiary/aromatic N) is 1. The van der Waals surface area contributed by atoms with Crippen LogP contribution in [-0.2, 0) is 0 Å². The molecule has 0 spiro atoms. The molecule has 0 saturated heterocycles. The van der Waals surface area contributed by atoms with Crippen molar-refractivity contribution >= 4 is 17.2 Å². The Bertz CT molecular complexity index is 362. The van der Waals surface area contributed by atoms with Gasteiger partial charge in [-0.05, 0) is 6.42 Å². The van der Waals surface area contributed by atoms with Crippen molar-refractivity contribution in [2.24, 2.45) is 5.41 Å². The smallest absolute Gasteiger partial charge is 0.270 e. The van der Waals surface area contributed by atoms with Gasteiger partial charge in [0.05, 0.1) is 11.6 Å². The lowest BCUT2D eigenvalue weighted by molar-refractivity contribution is -0.0690. The number of aliphatic hydroxyl groups excluding tert-OH is 1. The molecule has 2 rings (SSSR count). The normalized spacial score (nSPS) is 28.2. The molecule has 2 atom stereocenters. The van der Waals surface area contributed by atoms with E-state index in [0.717, 1.165) is 0 Å². The molecular formula is C10H14N2O2S. The van der Waals surface area contributed by atoms with Crippen LogP contribution in [0, 0.1) is 5.41 Å². The molecule has 5 heteroatoms. The first-order valence-electron chi connectivity index (χ1n) is 4.89. The van der Waals surface area contributed by atoms with E-state index in [0.29, 0.717) is 12.1 Å². The molecule has 1 aromatic heterocycles. The molecule has 0 aliphatic heterocycles. The Morgan fingerprint density at radius 1 is 1.73 bits per heavy atom. The summed E-state index contributed by atoms with van der Waals surface area (Å²) in [5, 5.41) is 14.1.